The molecule has 1 aromatic heterocycles. The van der Waals surface area contributed by atoms with E-state index in [1.165, 1.54) is 37.2 Å². The Labute approximate surface area is 273 Å². The second-order valence-corrected chi connectivity index (χ2v) is 12.4. The first-order valence-corrected chi connectivity index (χ1v) is 16.3. The van der Waals surface area contributed by atoms with Gasteiger partial charge in [-0.15, -0.1) is 0 Å². The lowest BCUT2D eigenvalue weighted by molar-refractivity contribution is 1.18. The number of fused-ring (bicyclic) bond motifs is 3. The molecule has 0 aliphatic carbocycles. The Morgan fingerprint density at radius 2 is 1.00 bits per heavy atom. The smallest absolute Gasteiger partial charge is 0.0561 e. The molecule has 0 fully saturated rings. The average molecular weight is 610 g/mol. The Balaban J connectivity index is 1.09. The average Bonchev–Trinajstić information content (AvgIpc) is 3.44. The van der Waals surface area contributed by atoms with Gasteiger partial charge in [0.2, 0.25) is 0 Å². The van der Waals surface area contributed by atoms with E-state index in [0.29, 0.717) is 0 Å². The molecule has 220 valence electrons. The lowest BCUT2D eigenvalue weighted by Crippen LogP contribution is -1.97. The molecule has 0 spiro atoms. The first-order valence-electron chi connectivity index (χ1n) is 15.4. The lowest BCUT2D eigenvalue weighted by atomic mass is 10.1. The van der Waals surface area contributed by atoms with Crippen LogP contribution >= 0.6 is 11.8 Å². The van der Waals surface area contributed by atoms with Gasteiger partial charge >= 0.3 is 0 Å². The van der Waals surface area contributed by atoms with Crippen LogP contribution in [0.1, 0.15) is 0 Å². The minimum absolute atomic E-state index is 1.05. The number of aromatic nitrogens is 1. The minimum Gasteiger partial charge on any atom is -0.355 e. The number of hydrogen-bond donors (Lipinski definition) is 2. The molecule has 8 aromatic rings. The van der Waals surface area contributed by atoms with Crippen molar-refractivity contribution in [2.75, 3.05) is 10.6 Å². The summed E-state index contributed by atoms with van der Waals surface area (Å²) >= 11 is 1.77. The van der Waals surface area contributed by atoms with Crippen LogP contribution in [0.5, 0.6) is 0 Å². The predicted octanol–water partition coefficient (Wildman–Crippen LogP) is 12.1. The number of para-hydroxylation sites is 2. The molecule has 1 heterocycles. The van der Waals surface area contributed by atoms with E-state index in [1.54, 1.807) is 11.8 Å². The third-order valence-electron chi connectivity index (χ3n) is 8.22. The zero-order valence-corrected chi connectivity index (χ0v) is 25.9. The third kappa shape index (κ3) is 5.63. The van der Waals surface area contributed by atoms with Crippen LogP contribution in [0.15, 0.2) is 186 Å². The van der Waals surface area contributed by atoms with E-state index < -0.39 is 0 Å². The monoisotopic (exact) mass is 609 g/mol. The summed E-state index contributed by atoms with van der Waals surface area (Å²) in [6.45, 7) is 0. The molecule has 0 amide bonds. The van der Waals surface area contributed by atoms with Crippen LogP contribution in [0.3, 0.4) is 0 Å². The van der Waals surface area contributed by atoms with Gasteiger partial charge in [0.15, 0.2) is 0 Å². The van der Waals surface area contributed by atoms with E-state index in [1.807, 2.05) is 6.07 Å². The summed E-state index contributed by atoms with van der Waals surface area (Å²) < 4.78 is 2.36. The van der Waals surface area contributed by atoms with Crippen molar-refractivity contribution in [1.82, 2.24) is 4.57 Å². The van der Waals surface area contributed by atoms with Gasteiger partial charge in [0.05, 0.1) is 16.7 Å². The summed E-state index contributed by atoms with van der Waals surface area (Å²) in [7, 11) is 0. The molecule has 8 rings (SSSR count). The lowest BCUT2D eigenvalue weighted by Gasteiger charge is -2.14. The molecule has 0 atom stereocenters. The molecule has 4 heteroatoms. The van der Waals surface area contributed by atoms with Gasteiger partial charge in [-0.2, -0.15) is 0 Å². The first-order chi connectivity index (χ1) is 22.8. The van der Waals surface area contributed by atoms with Gasteiger partial charge in [0.1, 0.15) is 0 Å². The number of hydrogen-bond acceptors (Lipinski definition) is 3. The van der Waals surface area contributed by atoms with Crippen molar-refractivity contribution < 1.29 is 0 Å². The van der Waals surface area contributed by atoms with Crippen molar-refractivity contribution in [3.05, 3.63) is 176 Å². The van der Waals surface area contributed by atoms with Gasteiger partial charge in [-0.1, -0.05) is 109 Å². The van der Waals surface area contributed by atoms with Crippen molar-refractivity contribution in [2.24, 2.45) is 0 Å². The summed E-state index contributed by atoms with van der Waals surface area (Å²) in [5, 5.41) is 9.75. The fraction of sp³-hybridized carbons (Fsp3) is 0. The maximum absolute atomic E-state index is 3.65. The van der Waals surface area contributed by atoms with Crippen LogP contribution in [0.25, 0.3) is 38.6 Å². The van der Waals surface area contributed by atoms with Crippen molar-refractivity contribution in [2.45, 2.75) is 9.79 Å². The van der Waals surface area contributed by atoms with Crippen LogP contribution in [0.4, 0.5) is 22.7 Å². The van der Waals surface area contributed by atoms with Gasteiger partial charge in [0.25, 0.3) is 0 Å². The first kappa shape index (κ1) is 27.8. The molecule has 3 nitrogen and oxygen atoms in total. The fourth-order valence-corrected chi connectivity index (χ4v) is 6.92. The molecule has 0 aliphatic rings. The van der Waals surface area contributed by atoms with Crippen LogP contribution in [0.2, 0.25) is 0 Å². The summed E-state index contributed by atoms with van der Waals surface area (Å²) in [5.41, 5.74) is 10.1. The van der Waals surface area contributed by atoms with E-state index in [4.69, 9.17) is 0 Å². The molecule has 0 unspecified atom stereocenters. The van der Waals surface area contributed by atoms with Gasteiger partial charge in [-0.05, 0) is 90.0 Å². The third-order valence-corrected chi connectivity index (χ3v) is 9.30. The van der Waals surface area contributed by atoms with E-state index >= 15 is 0 Å². The van der Waals surface area contributed by atoms with E-state index in [9.17, 15) is 0 Å². The molecule has 0 saturated heterocycles. The maximum Gasteiger partial charge on any atom is 0.0561 e. The van der Waals surface area contributed by atoms with Gasteiger partial charge in [-0.25, -0.2) is 0 Å². The predicted molar refractivity (Wildman–Crippen MR) is 196 cm³/mol. The molecular formula is C42H31N3S. The van der Waals surface area contributed by atoms with E-state index in [-0.39, 0.29) is 0 Å². The Morgan fingerprint density at radius 3 is 1.80 bits per heavy atom. The quantitative estimate of drug-likeness (QED) is 0.180. The Morgan fingerprint density at radius 1 is 0.413 bits per heavy atom. The number of benzene rings is 7. The van der Waals surface area contributed by atoms with E-state index in [2.05, 4.69) is 185 Å². The topological polar surface area (TPSA) is 29.0 Å². The second-order valence-electron chi connectivity index (χ2n) is 11.2. The second kappa shape index (κ2) is 12.4. The normalized spacial score (nSPS) is 11.1. The highest BCUT2D eigenvalue weighted by molar-refractivity contribution is 7.99. The largest absolute Gasteiger partial charge is 0.355 e. The van der Waals surface area contributed by atoms with E-state index in [0.717, 1.165) is 34.0 Å². The summed E-state index contributed by atoms with van der Waals surface area (Å²) in [6.07, 6.45) is 0. The molecule has 0 aliphatic heterocycles. The van der Waals surface area contributed by atoms with Crippen molar-refractivity contribution in [1.29, 1.82) is 0 Å². The number of nitrogens with zero attached hydrogens (tertiary/aromatic N) is 1. The maximum atomic E-state index is 3.65. The van der Waals surface area contributed by atoms with Crippen molar-refractivity contribution in [3.8, 4) is 16.8 Å². The van der Waals surface area contributed by atoms with Crippen LogP contribution < -0.4 is 10.6 Å². The highest BCUT2D eigenvalue weighted by Crippen LogP contribution is 2.37. The van der Waals surface area contributed by atoms with Gasteiger partial charge in [-0.3, -0.25) is 0 Å². The van der Waals surface area contributed by atoms with Crippen molar-refractivity contribution in [3.63, 3.8) is 0 Å². The highest BCUT2D eigenvalue weighted by Gasteiger charge is 2.13. The number of nitrogens with one attached hydrogen (secondary N) is 2. The van der Waals surface area contributed by atoms with Crippen LogP contribution in [-0.4, -0.2) is 4.57 Å². The zero-order valence-electron chi connectivity index (χ0n) is 25.1. The fourth-order valence-electron chi connectivity index (χ4n) is 5.99. The molecule has 0 bridgehead atoms. The Hall–Kier alpha value is -5.71. The molecule has 7 aromatic carbocycles. The molecule has 0 radical (unpaired) electrons. The zero-order chi connectivity index (χ0) is 30.7. The standard InChI is InChI=1S/C42H31N3S/c1-3-11-30(12-4-1)31-19-21-32(22-20-31)43-34-25-28-38-37-15-7-9-17-40(37)45(41(38)29-34)35-26-23-33(24-27-35)44-39-16-8-10-18-42(39)46-36-13-5-2-6-14-36/h1-29,43-44H. The Kier molecular flexibility index (Phi) is 7.47. The summed E-state index contributed by atoms with van der Waals surface area (Å²) in [4.78, 5) is 2.41. The summed E-state index contributed by atoms with van der Waals surface area (Å²) in [5.74, 6) is 0. The van der Waals surface area contributed by atoms with Crippen molar-refractivity contribution >= 4 is 56.3 Å². The molecular weight excluding hydrogens is 579 g/mol. The molecule has 0 saturated carbocycles. The van der Waals surface area contributed by atoms with Gasteiger partial charge < -0.3 is 15.2 Å². The Bertz CT molecular complexity index is 2260. The molecule has 46 heavy (non-hydrogen) atoms. The highest BCUT2D eigenvalue weighted by atomic mass is 32.2. The summed E-state index contributed by atoms with van der Waals surface area (Å²) in [6, 6.07) is 62.1. The SMILES string of the molecule is c1ccc(Sc2ccccc2Nc2ccc(-n3c4ccccc4c4ccc(Nc5ccc(-c6ccccc6)cc5)cc43)cc2)cc1. The van der Waals surface area contributed by atoms with Gasteiger partial charge in [0, 0.05) is 43.3 Å². The molecule has 2 N–H and O–H groups in total. The number of rotatable bonds is 8. The van der Waals surface area contributed by atoms with Crippen LogP contribution in [0, 0.1) is 0 Å². The van der Waals surface area contributed by atoms with Crippen LogP contribution in [-0.2, 0) is 0 Å². The number of anilines is 4. The minimum atomic E-state index is 1.05.